The number of pyridine rings is 1. The van der Waals surface area contributed by atoms with Gasteiger partial charge in [-0.05, 0) is 55.2 Å². The van der Waals surface area contributed by atoms with E-state index in [1.807, 2.05) is 6.07 Å². The molecule has 0 bridgehead atoms. The standard InChI is InChI=1S/C17H17BrN2O2/c1-2-22-17(21)12-4-6-16(19-10-12)20-15-8-11-3-5-14(18)7-13(11)9-15/h3-7,10,15H,2,8-9H2,1H3,(H,19,20). The second kappa shape index (κ2) is 6.48. The zero-order valence-corrected chi connectivity index (χ0v) is 13.9. The average molecular weight is 361 g/mol. The van der Waals surface area contributed by atoms with E-state index in [0.29, 0.717) is 18.2 Å². The predicted octanol–water partition coefficient (Wildman–Crippen LogP) is 3.60. The van der Waals surface area contributed by atoms with Gasteiger partial charge in [-0.3, -0.25) is 0 Å². The van der Waals surface area contributed by atoms with Gasteiger partial charge in [-0.2, -0.15) is 0 Å². The third-order valence-electron chi connectivity index (χ3n) is 3.73. The number of hydrogen-bond donors (Lipinski definition) is 1. The number of benzene rings is 1. The van der Waals surface area contributed by atoms with E-state index in [9.17, 15) is 4.79 Å². The zero-order valence-electron chi connectivity index (χ0n) is 12.3. The third kappa shape index (κ3) is 3.30. The maximum Gasteiger partial charge on any atom is 0.339 e. The molecule has 0 radical (unpaired) electrons. The molecule has 2 aromatic rings. The summed E-state index contributed by atoms with van der Waals surface area (Å²) in [5.74, 6) is 0.449. The highest BCUT2D eigenvalue weighted by molar-refractivity contribution is 9.10. The summed E-state index contributed by atoms with van der Waals surface area (Å²) in [5.41, 5.74) is 3.23. The molecule has 1 aliphatic carbocycles. The van der Waals surface area contributed by atoms with Crippen molar-refractivity contribution in [2.75, 3.05) is 11.9 Å². The number of carbonyl (C=O) groups excluding carboxylic acids is 1. The van der Waals surface area contributed by atoms with Crippen LogP contribution in [0.5, 0.6) is 0 Å². The van der Waals surface area contributed by atoms with E-state index in [-0.39, 0.29) is 5.97 Å². The van der Waals surface area contributed by atoms with Gasteiger partial charge in [0.25, 0.3) is 0 Å². The Balaban J connectivity index is 1.64. The second-order valence-corrected chi connectivity index (χ2v) is 6.23. The fourth-order valence-corrected chi connectivity index (χ4v) is 3.12. The molecule has 1 heterocycles. The van der Waals surface area contributed by atoms with Crippen molar-refractivity contribution >= 4 is 27.7 Å². The van der Waals surface area contributed by atoms with Crippen LogP contribution in [0.4, 0.5) is 5.82 Å². The summed E-state index contributed by atoms with van der Waals surface area (Å²) in [6, 6.07) is 10.3. The number of nitrogens with zero attached hydrogens (tertiary/aromatic N) is 1. The quantitative estimate of drug-likeness (QED) is 0.846. The molecule has 1 unspecified atom stereocenters. The van der Waals surface area contributed by atoms with Crippen LogP contribution in [0.3, 0.4) is 0 Å². The Kier molecular flexibility index (Phi) is 4.43. The van der Waals surface area contributed by atoms with Crippen LogP contribution in [0.1, 0.15) is 28.4 Å². The Hall–Kier alpha value is -1.88. The number of ether oxygens (including phenoxy) is 1. The van der Waals surface area contributed by atoms with E-state index < -0.39 is 0 Å². The van der Waals surface area contributed by atoms with Gasteiger partial charge in [0.1, 0.15) is 5.82 Å². The summed E-state index contributed by atoms with van der Waals surface area (Å²) in [5, 5.41) is 3.43. The van der Waals surface area contributed by atoms with Crippen molar-refractivity contribution in [3.8, 4) is 0 Å². The van der Waals surface area contributed by atoms with Crippen LogP contribution >= 0.6 is 15.9 Å². The fraction of sp³-hybridized carbons (Fsp3) is 0.294. The molecule has 1 aromatic heterocycles. The average Bonchev–Trinajstić information content (AvgIpc) is 2.89. The summed E-state index contributed by atoms with van der Waals surface area (Å²) in [6.07, 6.45) is 3.53. The van der Waals surface area contributed by atoms with Gasteiger partial charge in [-0.1, -0.05) is 22.0 Å². The summed E-state index contributed by atoms with van der Waals surface area (Å²) < 4.78 is 6.07. The lowest BCUT2D eigenvalue weighted by molar-refractivity contribution is 0.0526. The lowest BCUT2D eigenvalue weighted by Crippen LogP contribution is -2.20. The second-order valence-electron chi connectivity index (χ2n) is 5.32. The number of carbonyl (C=O) groups is 1. The summed E-state index contributed by atoms with van der Waals surface area (Å²) in [6.45, 7) is 2.16. The van der Waals surface area contributed by atoms with Crippen molar-refractivity contribution in [2.45, 2.75) is 25.8 Å². The Morgan fingerprint density at radius 1 is 1.32 bits per heavy atom. The van der Waals surface area contributed by atoms with E-state index in [0.717, 1.165) is 23.1 Å². The smallest absolute Gasteiger partial charge is 0.339 e. The van der Waals surface area contributed by atoms with Crippen molar-refractivity contribution in [3.05, 3.63) is 57.7 Å². The van der Waals surface area contributed by atoms with E-state index in [1.54, 1.807) is 19.2 Å². The van der Waals surface area contributed by atoms with E-state index >= 15 is 0 Å². The molecular formula is C17H17BrN2O2. The molecular weight excluding hydrogens is 344 g/mol. The monoisotopic (exact) mass is 360 g/mol. The van der Waals surface area contributed by atoms with Crippen LogP contribution in [0.15, 0.2) is 41.0 Å². The molecule has 114 valence electrons. The Labute approximate surface area is 138 Å². The third-order valence-corrected chi connectivity index (χ3v) is 4.22. The van der Waals surface area contributed by atoms with Crippen LogP contribution in [-0.4, -0.2) is 23.6 Å². The Bertz CT molecular complexity index is 686. The normalized spacial score (nSPS) is 16.2. The molecule has 5 heteroatoms. The number of esters is 1. The van der Waals surface area contributed by atoms with Gasteiger partial charge in [-0.25, -0.2) is 9.78 Å². The van der Waals surface area contributed by atoms with Crippen molar-refractivity contribution < 1.29 is 9.53 Å². The highest BCUT2D eigenvalue weighted by Gasteiger charge is 2.21. The number of hydrogen-bond acceptors (Lipinski definition) is 4. The minimum absolute atomic E-state index is 0.334. The first-order valence-corrected chi connectivity index (χ1v) is 8.12. The number of fused-ring (bicyclic) bond motifs is 1. The van der Waals surface area contributed by atoms with Gasteiger partial charge >= 0.3 is 5.97 Å². The molecule has 4 nitrogen and oxygen atoms in total. The molecule has 0 aliphatic heterocycles. The SMILES string of the molecule is CCOC(=O)c1ccc(NC2Cc3ccc(Br)cc3C2)nc1. The highest BCUT2D eigenvalue weighted by Crippen LogP contribution is 2.27. The fourth-order valence-electron chi connectivity index (χ4n) is 2.71. The molecule has 0 spiro atoms. The maximum absolute atomic E-state index is 11.6. The predicted molar refractivity (Wildman–Crippen MR) is 89.2 cm³/mol. The van der Waals surface area contributed by atoms with Crippen LogP contribution < -0.4 is 5.32 Å². The minimum Gasteiger partial charge on any atom is -0.462 e. The zero-order chi connectivity index (χ0) is 15.5. The molecule has 0 amide bonds. The van der Waals surface area contributed by atoms with Crippen molar-refractivity contribution in [1.82, 2.24) is 4.98 Å². The molecule has 1 N–H and O–H groups in total. The van der Waals surface area contributed by atoms with Crippen molar-refractivity contribution in [2.24, 2.45) is 0 Å². The molecule has 0 fully saturated rings. The molecule has 3 rings (SSSR count). The van der Waals surface area contributed by atoms with Gasteiger partial charge in [0.15, 0.2) is 0 Å². The number of nitrogens with one attached hydrogen (secondary N) is 1. The molecule has 0 saturated carbocycles. The van der Waals surface area contributed by atoms with E-state index in [4.69, 9.17) is 4.74 Å². The van der Waals surface area contributed by atoms with Crippen LogP contribution in [0.2, 0.25) is 0 Å². The summed E-state index contributed by atoms with van der Waals surface area (Å²) in [4.78, 5) is 15.9. The van der Waals surface area contributed by atoms with Crippen molar-refractivity contribution in [3.63, 3.8) is 0 Å². The first-order valence-electron chi connectivity index (χ1n) is 7.32. The number of aromatic nitrogens is 1. The minimum atomic E-state index is -0.334. The van der Waals surface area contributed by atoms with Gasteiger partial charge < -0.3 is 10.1 Å². The molecule has 0 saturated heterocycles. The lowest BCUT2D eigenvalue weighted by Gasteiger charge is -2.12. The van der Waals surface area contributed by atoms with E-state index in [1.165, 1.54) is 11.1 Å². The highest BCUT2D eigenvalue weighted by atomic mass is 79.9. The first kappa shape index (κ1) is 15.0. The topological polar surface area (TPSA) is 51.2 Å². The lowest BCUT2D eigenvalue weighted by atomic mass is 10.1. The summed E-state index contributed by atoms with van der Waals surface area (Å²) >= 11 is 3.51. The largest absolute Gasteiger partial charge is 0.462 e. The molecule has 1 aromatic carbocycles. The number of rotatable bonds is 4. The number of anilines is 1. The number of halogens is 1. The Morgan fingerprint density at radius 3 is 2.86 bits per heavy atom. The van der Waals surface area contributed by atoms with Crippen LogP contribution in [0, 0.1) is 0 Å². The van der Waals surface area contributed by atoms with Gasteiger partial charge in [0.2, 0.25) is 0 Å². The molecule has 22 heavy (non-hydrogen) atoms. The van der Waals surface area contributed by atoms with E-state index in [2.05, 4.69) is 44.4 Å². The molecule has 1 aliphatic rings. The van der Waals surface area contributed by atoms with Crippen LogP contribution in [-0.2, 0) is 17.6 Å². The van der Waals surface area contributed by atoms with Gasteiger partial charge in [0.05, 0.1) is 12.2 Å². The molecule has 1 atom stereocenters. The maximum atomic E-state index is 11.6. The Morgan fingerprint density at radius 2 is 2.14 bits per heavy atom. The first-order chi connectivity index (χ1) is 10.7. The van der Waals surface area contributed by atoms with Crippen molar-refractivity contribution in [1.29, 1.82) is 0 Å². The van der Waals surface area contributed by atoms with Gasteiger partial charge in [-0.15, -0.1) is 0 Å². The van der Waals surface area contributed by atoms with Gasteiger partial charge in [0, 0.05) is 16.7 Å². The summed E-state index contributed by atoms with van der Waals surface area (Å²) in [7, 11) is 0. The van der Waals surface area contributed by atoms with Crippen LogP contribution in [0.25, 0.3) is 0 Å².